The highest BCUT2D eigenvalue weighted by Gasteiger charge is 2.16. The predicted molar refractivity (Wildman–Crippen MR) is 65.8 cm³/mol. The van der Waals surface area contributed by atoms with Crippen LogP contribution in [-0.4, -0.2) is 11.8 Å². The molecule has 0 fully saturated rings. The number of amides is 1. The molecule has 0 aromatic carbocycles. The molecule has 0 saturated carbocycles. The summed E-state index contributed by atoms with van der Waals surface area (Å²) in [5.41, 5.74) is 0. The fourth-order valence-electron chi connectivity index (χ4n) is 1.06. The number of alkyl halides is 1. The van der Waals surface area contributed by atoms with Crippen LogP contribution in [0.2, 0.25) is 4.34 Å². The van der Waals surface area contributed by atoms with Crippen molar-refractivity contribution in [2.45, 2.75) is 19.9 Å². The normalized spacial score (nSPS) is 14.7. The second-order valence-electron chi connectivity index (χ2n) is 3.43. The molecular weight excluding hydrogens is 253 g/mol. The van der Waals surface area contributed by atoms with Crippen LogP contribution in [0.3, 0.4) is 0 Å². The van der Waals surface area contributed by atoms with E-state index in [9.17, 15) is 4.79 Å². The number of rotatable bonds is 4. The lowest BCUT2D eigenvalue weighted by Gasteiger charge is -2.14. The first-order valence-corrected chi connectivity index (χ1v) is 6.39. The monoisotopic (exact) mass is 265 g/mol. The Bertz CT molecular complexity index is 340. The van der Waals surface area contributed by atoms with Gasteiger partial charge in [-0.2, -0.15) is 0 Å². The van der Waals surface area contributed by atoms with Crippen LogP contribution in [-0.2, 0) is 4.79 Å². The molecule has 0 aliphatic heterocycles. The van der Waals surface area contributed by atoms with Gasteiger partial charge in [0, 0.05) is 16.7 Å². The first kappa shape index (κ1) is 12.8. The van der Waals surface area contributed by atoms with Gasteiger partial charge < -0.3 is 5.32 Å². The van der Waals surface area contributed by atoms with Gasteiger partial charge in [-0.25, -0.2) is 0 Å². The van der Waals surface area contributed by atoms with E-state index in [0.717, 1.165) is 9.21 Å². The maximum absolute atomic E-state index is 11.5. The summed E-state index contributed by atoms with van der Waals surface area (Å²) in [6.07, 6.45) is 0. The zero-order valence-electron chi connectivity index (χ0n) is 8.59. The quantitative estimate of drug-likeness (QED) is 0.831. The maximum atomic E-state index is 11.5. The van der Waals surface area contributed by atoms with E-state index in [4.69, 9.17) is 23.2 Å². The van der Waals surface area contributed by atoms with E-state index in [2.05, 4.69) is 5.32 Å². The van der Waals surface area contributed by atoms with Gasteiger partial charge in [-0.3, -0.25) is 4.79 Å². The van der Waals surface area contributed by atoms with Crippen LogP contribution in [0, 0.1) is 5.92 Å². The van der Waals surface area contributed by atoms with Gasteiger partial charge in [-0.15, -0.1) is 22.9 Å². The topological polar surface area (TPSA) is 29.1 Å². The Morgan fingerprint density at radius 1 is 1.53 bits per heavy atom. The molecule has 0 aliphatic rings. The van der Waals surface area contributed by atoms with Crippen molar-refractivity contribution in [2.24, 2.45) is 5.92 Å². The molecule has 0 aliphatic carbocycles. The lowest BCUT2D eigenvalue weighted by atomic mass is 10.2. The van der Waals surface area contributed by atoms with Crippen LogP contribution >= 0.6 is 34.5 Å². The van der Waals surface area contributed by atoms with E-state index in [1.54, 1.807) is 6.92 Å². The lowest BCUT2D eigenvalue weighted by Crippen LogP contribution is -2.31. The summed E-state index contributed by atoms with van der Waals surface area (Å²) >= 11 is 12.9. The van der Waals surface area contributed by atoms with Crippen LogP contribution in [0.1, 0.15) is 24.8 Å². The van der Waals surface area contributed by atoms with Crippen molar-refractivity contribution in [3.8, 4) is 0 Å². The fourth-order valence-corrected chi connectivity index (χ4v) is 2.26. The summed E-state index contributed by atoms with van der Waals surface area (Å²) in [7, 11) is 0. The zero-order chi connectivity index (χ0) is 11.4. The van der Waals surface area contributed by atoms with Crippen LogP contribution in [0.15, 0.2) is 12.1 Å². The Balaban J connectivity index is 2.56. The number of thiophene rings is 1. The van der Waals surface area contributed by atoms with Crippen molar-refractivity contribution in [1.29, 1.82) is 0 Å². The second kappa shape index (κ2) is 5.73. The predicted octanol–water partition coefficient (Wildman–Crippen LogP) is 3.45. The van der Waals surface area contributed by atoms with Gasteiger partial charge in [0.25, 0.3) is 0 Å². The van der Waals surface area contributed by atoms with E-state index in [0.29, 0.717) is 5.88 Å². The molecule has 1 aromatic rings. The van der Waals surface area contributed by atoms with E-state index in [-0.39, 0.29) is 17.9 Å². The van der Waals surface area contributed by atoms with Crippen molar-refractivity contribution in [1.82, 2.24) is 5.32 Å². The molecule has 15 heavy (non-hydrogen) atoms. The van der Waals surface area contributed by atoms with Gasteiger partial charge in [0.1, 0.15) is 0 Å². The first-order valence-electron chi connectivity index (χ1n) is 4.66. The summed E-state index contributed by atoms with van der Waals surface area (Å²) in [6.45, 7) is 3.73. The maximum Gasteiger partial charge on any atom is 0.224 e. The Morgan fingerprint density at radius 2 is 2.20 bits per heavy atom. The van der Waals surface area contributed by atoms with E-state index in [1.165, 1.54) is 11.3 Å². The third-order valence-electron chi connectivity index (χ3n) is 2.06. The summed E-state index contributed by atoms with van der Waals surface area (Å²) < 4.78 is 0.733. The molecule has 1 aromatic heterocycles. The standard InChI is InChI=1S/C10H13Cl2NOS/c1-6(5-11)10(14)13-7(2)8-3-4-9(12)15-8/h3-4,6-7H,5H2,1-2H3,(H,13,14). The molecule has 0 bridgehead atoms. The summed E-state index contributed by atoms with van der Waals surface area (Å²) in [6, 6.07) is 3.74. The minimum Gasteiger partial charge on any atom is -0.348 e. The van der Waals surface area contributed by atoms with Crippen molar-refractivity contribution in [2.75, 3.05) is 5.88 Å². The Morgan fingerprint density at radius 3 is 2.67 bits per heavy atom. The third-order valence-corrected chi connectivity index (χ3v) is 3.94. The van der Waals surface area contributed by atoms with Crippen molar-refractivity contribution in [3.05, 3.63) is 21.3 Å². The molecule has 2 unspecified atom stereocenters. The molecule has 1 amide bonds. The highest BCUT2D eigenvalue weighted by Crippen LogP contribution is 2.26. The SMILES string of the molecule is CC(CCl)C(=O)NC(C)c1ccc(Cl)s1. The van der Waals surface area contributed by atoms with Gasteiger partial charge in [0.2, 0.25) is 5.91 Å². The smallest absolute Gasteiger partial charge is 0.224 e. The number of carbonyl (C=O) groups excluding carboxylic acids is 1. The molecule has 84 valence electrons. The van der Waals surface area contributed by atoms with Gasteiger partial charge in [0.15, 0.2) is 0 Å². The minimum atomic E-state index is -0.162. The Kier molecular flexibility index (Phi) is 4.90. The number of hydrogen-bond acceptors (Lipinski definition) is 2. The molecule has 2 atom stereocenters. The lowest BCUT2D eigenvalue weighted by molar-refractivity contribution is -0.124. The van der Waals surface area contributed by atoms with Crippen LogP contribution in [0.25, 0.3) is 0 Å². The number of halogens is 2. The van der Waals surface area contributed by atoms with E-state index >= 15 is 0 Å². The Labute approximate surface area is 104 Å². The van der Waals surface area contributed by atoms with E-state index < -0.39 is 0 Å². The minimum absolute atomic E-state index is 0.0133. The highest BCUT2D eigenvalue weighted by molar-refractivity contribution is 7.16. The number of hydrogen-bond donors (Lipinski definition) is 1. The summed E-state index contributed by atoms with van der Waals surface area (Å²) in [4.78, 5) is 12.6. The molecule has 1 rings (SSSR count). The number of nitrogens with one attached hydrogen (secondary N) is 1. The third kappa shape index (κ3) is 3.67. The van der Waals surface area contributed by atoms with Crippen molar-refractivity contribution in [3.63, 3.8) is 0 Å². The molecule has 0 radical (unpaired) electrons. The number of carbonyl (C=O) groups is 1. The fraction of sp³-hybridized carbons (Fsp3) is 0.500. The molecule has 5 heteroatoms. The second-order valence-corrected chi connectivity index (χ2v) is 5.48. The van der Waals surface area contributed by atoms with E-state index in [1.807, 2.05) is 19.1 Å². The first-order chi connectivity index (χ1) is 7.04. The van der Waals surface area contributed by atoms with Crippen LogP contribution < -0.4 is 5.32 Å². The van der Waals surface area contributed by atoms with Gasteiger partial charge in [-0.1, -0.05) is 18.5 Å². The Hall–Kier alpha value is -0.250. The molecule has 1 N–H and O–H groups in total. The van der Waals surface area contributed by atoms with Crippen molar-refractivity contribution >= 4 is 40.4 Å². The molecule has 0 saturated heterocycles. The molecule has 1 heterocycles. The van der Waals surface area contributed by atoms with Gasteiger partial charge in [0.05, 0.1) is 10.4 Å². The zero-order valence-corrected chi connectivity index (χ0v) is 10.9. The van der Waals surface area contributed by atoms with Crippen LogP contribution in [0.4, 0.5) is 0 Å². The largest absolute Gasteiger partial charge is 0.348 e. The van der Waals surface area contributed by atoms with Crippen LogP contribution in [0.5, 0.6) is 0 Å². The van der Waals surface area contributed by atoms with Gasteiger partial charge in [-0.05, 0) is 19.1 Å². The van der Waals surface area contributed by atoms with Crippen molar-refractivity contribution < 1.29 is 4.79 Å². The summed E-state index contributed by atoms with van der Waals surface area (Å²) in [5, 5.41) is 2.89. The van der Waals surface area contributed by atoms with Gasteiger partial charge >= 0.3 is 0 Å². The summed E-state index contributed by atoms with van der Waals surface area (Å²) in [5.74, 6) is 0.149. The molecule has 2 nitrogen and oxygen atoms in total. The average molecular weight is 266 g/mol. The molecule has 0 spiro atoms. The average Bonchev–Trinajstić information content (AvgIpc) is 2.63. The molecular formula is C10H13Cl2NOS. The highest BCUT2D eigenvalue weighted by atomic mass is 35.5.